The van der Waals surface area contributed by atoms with E-state index in [1.54, 1.807) is 18.2 Å². The molecule has 0 spiro atoms. The van der Waals surface area contributed by atoms with Crippen LogP contribution in [-0.2, 0) is 0 Å². The van der Waals surface area contributed by atoms with Gasteiger partial charge in [0.1, 0.15) is 5.69 Å². The lowest BCUT2D eigenvalue weighted by molar-refractivity contribution is 0.106. The van der Waals surface area contributed by atoms with Crippen LogP contribution in [0, 0.1) is 0 Å². The minimum Gasteiger partial charge on any atom is -0.319 e. The second kappa shape index (κ2) is 6.90. The maximum atomic E-state index is 13.0. The van der Waals surface area contributed by atoms with Gasteiger partial charge in [0.05, 0.1) is 21.5 Å². The van der Waals surface area contributed by atoms with Crippen LogP contribution in [0.3, 0.4) is 0 Å². The molecule has 0 radical (unpaired) electrons. The fourth-order valence-corrected chi connectivity index (χ4v) is 3.39. The summed E-state index contributed by atoms with van der Waals surface area (Å²) >= 11 is 1.34. The van der Waals surface area contributed by atoms with Crippen LogP contribution in [0.2, 0.25) is 0 Å². The molecule has 2 aromatic heterocycles. The Morgan fingerprint density at radius 2 is 1.73 bits per heavy atom. The fourth-order valence-electron chi connectivity index (χ4n) is 2.71. The Bertz CT molecular complexity index is 1160. The Kier molecular flexibility index (Phi) is 4.29. The molecule has 1 N–H and O–H groups in total. The van der Waals surface area contributed by atoms with Crippen LogP contribution in [0.1, 0.15) is 20.9 Å². The molecular formula is C21H14N2O2S. The molecule has 5 heteroatoms. The SMILES string of the molecule is O=C(C(=Cc1ccccc1)c1nc2ccccc2[nH]c1=O)c1cccs1. The zero-order chi connectivity index (χ0) is 17.9. The highest BCUT2D eigenvalue weighted by molar-refractivity contribution is 7.12. The summed E-state index contributed by atoms with van der Waals surface area (Å²) in [5, 5.41) is 1.84. The summed E-state index contributed by atoms with van der Waals surface area (Å²) in [6, 6.07) is 20.3. The number of carbonyl (C=O) groups excluding carboxylic acids is 1. The molecule has 4 rings (SSSR count). The van der Waals surface area contributed by atoms with E-state index >= 15 is 0 Å². The van der Waals surface area contributed by atoms with Crippen LogP contribution >= 0.6 is 11.3 Å². The van der Waals surface area contributed by atoms with Crippen molar-refractivity contribution in [2.45, 2.75) is 0 Å². The van der Waals surface area contributed by atoms with Gasteiger partial charge in [0, 0.05) is 0 Å². The van der Waals surface area contributed by atoms with E-state index < -0.39 is 0 Å². The Labute approximate surface area is 153 Å². The van der Waals surface area contributed by atoms with Gasteiger partial charge in [-0.15, -0.1) is 11.3 Å². The summed E-state index contributed by atoms with van der Waals surface area (Å²) in [5.74, 6) is -0.211. The highest BCUT2D eigenvalue weighted by atomic mass is 32.1. The minimum absolute atomic E-state index is 0.131. The number of allylic oxidation sites excluding steroid dienone is 1. The van der Waals surface area contributed by atoms with Gasteiger partial charge in [-0.3, -0.25) is 9.59 Å². The van der Waals surface area contributed by atoms with Gasteiger partial charge >= 0.3 is 0 Å². The number of nitrogens with one attached hydrogen (secondary N) is 1. The highest BCUT2D eigenvalue weighted by Crippen LogP contribution is 2.23. The fraction of sp³-hybridized carbons (Fsp3) is 0. The predicted octanol–water partition coefficient (Wildman–Crippen LogP) is 4.41. The van der Waals surface area contributed by atoms with Crippen LogP contribution in [0.5, 0.6) is 0 Å². The molecule has 2 heterocycles. The predicted molar refractivity (Wildman–Crippen MR) is 105 cm³/mol. The van der Waals surface area contributed by atoms with Crippen molar-refractivity contribution >= 4 is 39.8 Å². The third-order valence-corrected chi connectivity index (χ3v) is 4.82. The zero-order valence-corrected chi connectivity index (χ0v) is 14.5. The van der Waals surface area contributed by atoms with Gasteiger partial charge in [0.15, 0.2) is 0 Å². The van der Waals surface area contributed by atoms with E-state index in [0.29, 0.717) is 15.9 Å². The van der Waals surface area contributed by atoms with Gasteiger partial charge in [-0.25, -0.2) is 4.98 Å². The largest absolute Gasteiger partial charge is 0.319 e. The van der Waals surface area contributed by atoms with Crippen LogP contribution in [0.4, 0.5) is 0 Å². The molecule has 2 aromatic carbocycles. The molecule has 0 unspecified atom stereocenters. The molecule has 0 fully saturated rings. The van der Waals surface area contributed by atoms with E-state index in [1.165, 1.54) is 11.3 Å². The second-order valence-electron chi connectivity index (χ2n) is 5.71. The van der Waals surface area contributed by atoms with Crippen LogP contribution < -0.4 is 5.56 Å². The number of Topliss-reactive ketones (excluding diaryl/α,β-unsaturated/α-hetero) is 1. The number of aromatic amines is 1. The maximum Gasteiger partial charge on any atom is 0.275 e. The highest BCUT2D eigenvalue weighted by Gasteiger charge is 2.20. The quantitative estimate of drug-likeness (QED) is 0.434. The Hall–Kier alpha value is -3.31. The van der Waals surface area contributed by atoms with E-state index in [0.717, 1.165) is 5.56 Å². The van der Waals surface area contributed by atoms with E-state index in [9.17, 15) is 9.59 Å². The third-order valence-electron chi connectivity index (χ3n) is 3.95. The van der Waals surface area contributed by atoms with Crippen LogP contribution in [-0.4, -0.2) is 15.8 Å². The third kappa shape index (κ3) is 3.12. The van der Waals surface area contributed by atoms with E-state index in [2.05, 4.69) is 9.97 Å². The molecule has 0 saturated carbocycles. The first kappa shape index (κ1) is 16.2. The Morgan fingerprint density at radius 1 is 0.962 bits per heavy atom. The molecule has 0 aliphatic rings. The van der Waals surface area contributed by atoms with Crippen molar-refractivity contribution in [3.05, 3.63) is 98.6 Å². The first-order valence-electron chi connectivity index (χ1n) is 8.07. The standard InChI is InChI=1S/C21H14N2O2S/c24-20(18-11-6-12-26-18)15(13-14-7-2-1-3-8-14)19-21(25)23-17-10-5-4-9-16(17)22-19/h1-13H,(H,23,25). The minimum atomic E-state index is -0.379. The number of hydrogen-bond acceptors (Lipinski definition) is 4. The number of nitrogens with zero attached hydrogens (tertiary/aromatic N) is 1. The van der Waals surface area contributed by atoms with Gasteiger partial charge in [-0.1, -0.05) is 48.5 Å². The number of carbonyl (C=O) groups is 1. The molecule has 0 saturated heterocycles. The number of rotatable bonds is 4. The van der Waals surface area contributed by atoms with Gasteiger partial charge in [-0.2, -0.15) is 0 Å². The topological polar surface area (TPSA) is 62.8 Å². The summed E-state index contributed by atoms with van der Waals surface area (Å²) in [4.78, 5) is 33.5. The average Bonchev–Trinajstić information content (AvgIpc) is 3.21. The lowest BCUT2D eigenvalue weighted by Gasteiger charge is -2.06. The van der Waals surface area contributed by atoms with Crippen molar-refractivity contribution in [1.82, 2.24) is 9.97 Å². The molecule has 0 aliphatic heterocycles. The van der Waals surface area contributed by atoms with Crippen molar-refractivity contribution < 1.29 is 4.79 Å². The number of para-hydroxylation sites is 2. The van der Waals surface area contributed by atoms with Crippen molar-refractivity contribution in [3.63, 3.8) is 0 Å². The summed E-state index contributed by atoms with van der Waals surface area (Å²) in [6.45, 7) is 0. The van der Waals surface area contributed by atoms with Crippen molar-refractivity contribution in [2.24, 2.45) is 0 Å². The maximum absolute atomic E-state index is 13.0. The second-order valence-corrected chi connectivity index (χ2v) is 6.65. The molecule has 0 bridgehead atoms. The lowest BCUT2D eigenvalue weighted by Crippen LogP contribution is -2.18. The number of ketones is 1. The molecule has 4 nitrogen and oxygen atoms in total. The number of H-pyrrole nitrogens is 1. The zero-order valence-electron chi connectivity index (χ0n) is 13.7. The molecule has 26 heavy (non-hydrogen) atoms. The van der Waals surface area contributed by atoms with Gasteiger partial charge in [0.25, 0.3) is 5.56 Å². The van der Waals surface area contributed by atoms with E-state index in [1.807, 2.05) is 60.0 Å². The number of aromatic nitrogens is 2. The molecule has 0 aliphatic carbocycles. The molecule has 0 amide bonds. The van der Waals surface area contributed by atoms with Crippen molar-refractivity contribution in [2.75, 3.05) is 0 Å². The molecule has 0 atom stereocenters. The average molecular weight is 358 g/mol. The molecular weight excluding hydrogens is 344 g/mol. The summed E-state index contributed by atoms with van der Waals surface area (Å²) < 4.78 is 0. The van der Waals surface area contributed by atoms with Crippen LogP contribution in [0.15, 0.2) is 76.9 Å². The Balaban J connectivity index is 1.94. The summed E-state index contributed by atoms with van der Waals surface area (Å²) in [6.07, 6.45) is 1.72. The smallest absolute Gasteiger partial charge is 0.275 e. The number of fused-ring (bicyclic) bond motifs is 1. The summed E-state index contributed by atoms with van der Waals surface area (Å²) in [7, 11) is 0. The van der Waals surface area contributed by atoms with Gasteiger partial charge < -0.3 is 4.98 Å². The number of thiophene rings is 1. The van der Waals surface area contributed by atoms with Crippen LogP contribution in [0.25, 0.3) is 22.7 Å². The van der Waals surface area contributed by atoms with Gasteiger partial charge in [0.2, 0.25) is 5.78 Å². The Morgan fingerprint density at radius 3 is 2.50 bits per heavy atom. The number of benzene rings is 2. The summed E-state index contributed by atoms with van der Waals surface area (Å²) in [5.41, 5.74) is 2.15. The first-order valence-corrected chi connectivity index (χ1v) is 8.95. The van der Waals surface area contributed by atoms with Crippen molar-refractivity contribution in [1.29, 1.82) is 0 Å². The number of hydrogen-bond donors (Lipinski definition) is 1. The van der Waals surface area contributed by atoms with Gasteiger partial charge in [-0.05, 0) is 35.2 Å². The first-order chi connectivity index (χ1) is 12.7. The monoisotopic (exact) mass is 358 g/mol. The normalized spacial score (nSPS) is 11.6. The molecule has 4 aromatic rings. The van der Waals surface area contributed by atoms with Crippen molar-refractivity contribution in [3.8, 4) is 0 Å². The lowest BCUT2D eigenvalue weighted by atomic mass is 10.0. The molecule has 126 valence electrons. The van der Waals surface area contributed by atoms with E-state index in [4.69, 9.17) is 0 Å². The van der Waals surface area contributed by atoms with E-state index in [-0.39, 0.29) is 22.6 Å².